The Hall–Kier alpha value is -1.92. The van der Waals surface area contributed by atoms with Crippen molar-refractivity contribution >= 4 is 11.9 Å². The van der Waals surface area contributed by atoms with Gasteiger partial charge in [0.05, 0.1) is 18.6 Å². The van der Waals surface area contributed by atoms with Crippen molar-refractivity contribution in [3.63, 3.8) is 0 Å². The van der Waals surface area contributed by atoms with Crippen LogP contribution in [0, 0.1) is 5.92 Å². The van der Waals surface area contributed by atoms with Gasteiger partial charge < -0.3 is 15.2 Å². The Morgan fingerprint density at radius 2 is 2.12 bits per heavy atom. The molecule has 2 N–H and O–H groups in total. The van der Waals surface area contributed by atoms with Crippen LogP contribution in [0.2, 0.25) is 0 Å². The fourth-order valence-corrected chi connectivity index (χ4v) is 3.04. The second kappa shape index (κ2) is 10.2. The first kappa shape index (κ1) is 19.4. The summed E-state index contributed by atoms with van der Waals surface area (Å²) in [5.41, 5.74) is 1.14. The summed E-state index contributed by atoms with van der Waals surface area (Å²) in [6.45, 7) is 4.68. The van der Waals surface area contributed by atoms with Gasteiger partial charge in [-0.25, -0.2) is 0 Å². The van der Waals surface area contributed by atoms with E-state index in [-0.39, 0.29) is 24.5 Å². The topological polar surface area (TPSA) is 78.9 Å². The summed E-state index contributed by atoms with van der Waals surface area (Å²) in [5.74, 6) is -1.17. The van der Waals surface area contributed by atoms with Gasteiger partial charge in [0.15, 0.2) is 0 Å². The number of amides is 1. The van der Waals surface area contributed by atoms with E-state index in [1.165, 1.54) is 0 Å². The van der Waals surface area contributed by atoms with Crippen molar-refractivity contribution in [3.8, 4) is 0 Å². The molecular formula is C19H28N2O4. The number of hydrogen-bond acceptors (Lipinski definition) is 4. The van der Waals surface area contributed by atoms with Crippen LogP contribution in [-0.2, 0) is 14.3 Å². The van der Waals surface area contributed by atoms with Crippen LogP contribution in [0.1, 0.15) is 37.9 Å². The van der Waals surface area contributed by atoms with Crippen molar-refractivity contribution in [3.05, 3.63) is 35.9 Å². The predicted molar refractivity (Wildman–Crippen MR) is 95.2 cm³/mol. The number of nitrogens with one attached hydrogen (secondary N) is 1. The number of ether oxygens (including phenoxy) is 1. The lowest BCUT2D eigenvalue weighted by Gasteiger charge is -2.29. The molecule has 1 amide bonds. The molecule has 0 radical (unpaired) electrons. The summed E-state index contributed by atoms with van der Waals surface area (Å²) in [5, 5.41) is 12.0. The number of carbonyl (C=O) groups excluding carboxylic acids is 1. The van der Waals surface area contributed by atoms with Crippen molar-refractivity contribution < 1.29 is 19.4 Å². The second-order valence-electron chi connectivity index (χ2n) is 6.54. The third-order valence-electron chi connectivity index (χ3n) is 4.50. The Balaban J connectivity index is 1.57. The molecule has 25 heavy (non-hydrogen) atoms. The van der Waals surface area contributed by atoms with Crippen molar-refractivity contribution in [2.45, 2.75) is 32.3 Å². The van der Waals surface area contributed by atoms with Gasteiger partial charge in [-0.15, -0.1) is 0 Å². The Kier molecular flexibility index (Phi) is 7.88. The minimum absolute atomic E-state index is 0.0400. The lowest BCUT2D eigenvalue weighted by molar-refractivity contribution is -0.144. The average molecular weight is 348 g/mol. The number of rotatable bonds is 9. The first-order chi connectivity index (χ1) is 12.1. The highest BCUT2D eigenvalue weighted by Gasteiger charge is 2.26. The van der Waals surface area contributed by atoms with Crippen LogP contribution in [-0.4, -0.2) is 54.7 Å². The second-order valence-corrected chi connectivity index (χ2v) is 6.54. The smallest absolute Gasteiger partial charge is 0.307 e. The standard InChI is InChI=1S/C19H28N2O4/c1-15(16-7-3-2-4-8-16)25-12-6-10-20-18(22)14-21-11-5-9-17(13-21)19(23)24/h2-4,7-8,15,17H,5-6,9-14H2,1H3,(H,20,22)(H,23,24). The zero-order valence-corrected chi connectivity index (χ0v) is 14.8. The Bertz CT molecular complexity index is 550. The van der Waals surface area contributed by atoms with Crippen molar-refractivity contribution in [1.82, 2.24) is 10.2 Å². The number of nitrogens with zero attached hydrogens (tertiary/aromatic N) is 1. The number of aliphatic carboxylic acids is 1. The van der Waals surface area contributed by atoms with E-state index < -0.39 is 5.97 Å². The van der Waals surface area contributed by atoms with Crippen LogP contribution < -0.4 is 5.32 Å². The average Bonchev–Trinajstić information content (AvgIpc) is 2.62. The minimum atomic E-state index is -0.769. The summed E-state index contributed by atoms with van der Waals surface area (Å²) in [6.07, 6.45) is 2.32. The molecule has 1 aromatic rings. The quantitative estimate of drug-likeness (QED) is 0.668. The molecule has 1 aliphatic heterocycles. The van der Waals surface area contributed by atoms with Gasteiger partial charge in [0, 0.05) is 19.7 Å². The van der Waals surface area contributed by atoms with Crippen LogP contribution in [0.5, 0.6) is 0 Å². The Labute approximate surface area is 149 Å². The lowest BCUT2D eigenvalue weighted by Crippen LogP contribution is -2.44. The molecule has 0 saturated carbocycles. The van der Waals surface area contributed by atoms with Gasteiger partial charge in [-0.1, -0.05) is 30.3 Å². The molecule has 2 atom stereocenters. The third kappa shape index (κ3) is 6.84. The minimum Gasteiger partial charge on any atom is -0.481 e. The predicted octanol–water partition coefficient (Wildman–Crippen LogP) is 2.07. The molecule has 1 fully saturated rings. The molecule has 1 aliphatic rings. The molecule has 6 nitrogen and oxygen atoms in total. The molecule has 0 aliphatic carbocycles. The van der Waals surface area contributed by atoms with E-state index in [0.717, 1.165) is 24.9 Å². The van der Waals surface area contributed by atoms with E-state index in [9.17, 15) is 9.59 Å². The highest BCUT2D eigenvalue weighted by molar-refractivity contribution is 5.78. The van der Waals surface area contributed by atoms with Crippen molar-refractivity contribution in [2.75, 3.05) is 32.8 Å². The zero-order valence-electron chi connectivity index (χ0n) is 14.8. The van der Waals surface area contributed by atoms with E-state index in [1.54, 1.807) is 0 Å². The van der Waals surface area contributed by atoms with Gasteiger partial charge in [0.2, 0.25) is 5.91 Å². The molecular weight excluding hydrogens is 320 g/mol. The van der Waals surface area contributed by atoms with Crippen LogP contribution in [0.3, 0.4) is 0 Å². The van der Waals surface area contributed by atoms with E-state index >= 15 is 0 Å². The van der Waals surface area contributed by atoms with Gasteiger partial charge in [0.1, 0.15) is 0 Å². The molecule has 138 valence electrons. The number of carbonyl (C=O) groups is 2. The summed E-state index contributed by atoms with van der Waals surface area (Å²) in [6, 6.07) is 10.0. The number of hydrogen-bond donors (Lipinski definition) is 2. The van der Waals surface area contributed by atoms with Crippen LogP contribution >= 0.6 is 0 Å². The fraction of sp³-hybridized carbons (Fsp3) is 0.579. The first-order valence-electron chi connectivity index (χ1n) is 8.94. The van der Waals surface area contributed by atoms with Gasteiger partial charge in [-0.2, -0.15) is 0 Å². The third-order valence-corrected chi connectivity index (χ3v) is 4.50. The highest BCUT2D eigenvalue weighted by atomic mass is 16.5. The SMILES string of the molecule is CC(OCCCNC(=O)CN1CCCC(C(=O)O)C1)c1ccccc1. The lowest BCUT2D eigenvalue weighted by atomic mass is 9.98. The summed E-state index contributed by atoms with van der Waals surface area (Å²) >= 11 is 0. The maximum Gasteiger partial charge on any atom is 0.307 e. The number of carboxylic acid groups (broad SMARTS) is 1. The van der Waals surface area contributed by atoms with E-state index in [2.05, 4.69) is 5.32 Å². The van der Waals surface area contributed by atoms with E-state index in [1.807, 2.05) is 42.2 Å². The molecule has 2 unspecified atom stereocenters. The molecule has 0 bridgehead atoms. The van der Waals surface area contributed by atoms with Gasteiger partial charge in [-0.3, -0.25) is 14.5 Å². The van der Waals surface area contributed by atoms with Gasteiger partial charge >= 0.3 is 5.97 Å². The molecule has 0 spiro atoms. The molecule has 6 heteroatoms. The van der Waals surface area contributed by atoms with Crippen LogP contribution in [0.15, 0.2) is 30.3 Å². The van der Waals surface area contributed by atoms with E-state index in [0.29, 0.717) is 26.1 Å². The summed E-state index contributed by atoms with van der Waals surface area (Å²) in [7, 11) is 0. The number of likely N-dealkylation sites (tertiary alicyclic amines) is 1. The zero-order chi connectivity index (χ0) is 18.1. The maximum absolute atomic E-state index is 12.0. The number of benzene rings is 1. The van der Waals surface area contributed by atoms with E-state index in [4.69, 9.17) is 9.84 Å². The first-order valence-corrected chi connectivity index (χ1v) is 8.94. The monoisotopic (exact) mass is 348 g/mol. The van der Waals surface area contributed by atoms with Crippen LogP contribution in [0.25, 0.3) is 0 Å². The maximum atomic E-state index is 12.0. The normalized spacial score (nSPS) is 19.3. The number of piperidine rings is 1. The Morgan fingerprint density at radius 3 is 2.84 bits per heavy atom. The Morgan fingerprint density at radius 1 is 1.36 bits per heavy atom. The summed E-state index contributed by atoms with van der Waals surface area (Å²) in [4.78, 5) is 24.9. The fourth-order valence-electron chi connectivity index (χ4n) is 3.04. The number of carboxylic acids is 1. The molecule has 0 aromatic heterocycles. The summed E-state index contributed by atoms with van der Waals surface area (Å²) < 4.78 is 5.77. The highest BCUT2D eigenvalue weighted by Crippen LogP contribution is 2.16. The van der Waals surface area contributed by atoms with Gasteiger partial charge in [0.25, 0.3) is 0 Å². The molecule has 1 heterocycles. The van der Waals surface area contributed by atoms with Crippen molar-refractivity contribution in [1.29, 1.82) is 0 Å². The largest absolute Gasteiger partial charge is 0.481 e. The van der Waals surface area contributed by atoms with Crippen LogP contribution in [0.4, 0.5) is 0 Å². The van der Waals surface area contributed by atoms with Crippen molar-refractivity contribution in [2.24, 2.45) is 5.92 Å². The molecule has 1 aromatic carbocycles. The molecule has 1 saturated heterocycles. The van der Waals surface area contributed by atoms with Gasteiger partial charge in [-0.05, 0) is 38.3 Å². The molecule has 2 rings (SSSR count).